The van der Waals surface area contributed by atoms with Gasteiger partial charge in [0.15, 0.2) is 0 Å². The van der Waals surface area contributed by atoms with Crippen LogP contribution in [0.4, 0.5) is 0 Å². The number of rotatable bonds is 4. The number of carbonyl (C=O) groups excluding carboxylic acids is 2. The van der Waals surface area contributed by atoms with Crippen molar-refractivity contribution in [3.05, 3.63) is 71.3 Å². The van der Waals surface area contributed by atoms with Gasteiger partial charge in [-0.05, 0) is 29.8 Å². The molecule has 1 fully saturated rings. The quantitative estimate of drug-likeness (QED) is 0.938. The molecule has 2 aromatic rings. The van der Waals surface area contributed by atoms with E-state index in [1.807, 2.05) is 36.4 Å². The predicted molar refractivity (Wildman–Crippen MR) is 88.9 cm³/mol. The largest absolute Gasteiger partial charge is 0.347 e. The van der Waals surface area contributed by atoms with Gasteiger partial charge in [0.05, 0.1) is 17.7 Å². The van der Waals surface area contributed by atoms with Gasteiger partial charge < -0.3 is 10.2 Å². The van der Waals surface area contributed by atoms with Gasteiger partial charge in [-0.25, -0.2) is 0 Å². The Morgan fingerprint density at radius 2 is 1.88 bits per heavy atom. The van der Waals surface area contributed by atoms with Gasteiger partial charge in [-0.2, -0.15) is 5.26 Å². The van der Waals surface area contributed by atoms with E-state index in [2.05, 4.69) is 5.32 Å². The molecular formula is C19H17N3O2. The number of likely N-dealkylation sites (tertiary alicyclic amines) is 1. The van der Waals surface area contributed by atoms with Gasteiger partial charge in [0.25, 0.3) is 5.91 Å². The van der Waals surface area contributed by atoms with Crippen molar-refractivity contribution in [2.45, 2.75) is 19.0 Å². The van der Waals surface area contributed by atoms with E-state index in [0.29, 0.717) is 30.6 Å². The van der Waals surface area contributed by atoms with Crippen molar-refractivity contribution < 1.29 is 9.59 Å². The van der Waals surface area contributed by atoms with Gasteiger partial charge in [-0.3, -0.25) is 9.59 Å². The van der Waals surface area contributed by atoms with Gasteiger partial charge in [-0.15, -0.1) is 0 Å². The van der Waals surface area contributed by atoms with Crippen LogP contribution < -0.4 is 5.32 Å². The van der Waals surface area contributed by atoms with Crippen molar-refractivity contribution in [2.24, 2.45) is 0 Å². The average molecular weight is 319 g/mol. The molecular weight excluding hydrogens is 302 g/mol. The van der Waals surface area contributed by atoms with E-state index in [4.69, 9.17) is 5.26 Å². The molecule has 0 spiro atoms. The van der Waals surface area contributed by atoms with Gasteiger partial charge in [0.2, 0.25) is 5.91 Å². The molecule has 0 bridgehead atoms. The molecule has 2 amide bonds. The lowest BCUT2D eigenvalue weighted by Crippen LogP contribution is -2.37. The standard InChI is InChI=1S/C19H17N3O2/c20-11-14-6-8-16(9-7-14)19(24)21-17-10-18(23)22(13-17)12-15-4-2-1-3-5-15/h1-9,17H,10,12-13H2,(H,21,24). The van der Waals surface area contributed by atoms with E-state index in [9.17, 15) is 9.59 Å². The predicted octanol–water partition coefficient (Wildman–Crippen LogP) is 2.09. The molecule has 0 saturated carbocycles. The van der Waals surface area contributed by atoms with Crippen LogP contribution in [0.3, 0.4) is 0 Å². The second-order valence-electron chi connectivity index (χ2n) is 5.82. The zero-order valence-electron chi connectivity index (χ0n) is 13.1. The van der Waals surface area contributed by atoms with E-state index in [-0.39, 0.29) is 17.9 Å². The van der Waals surface area contributed by atoms with Crippen LogP contribution >= 0.6 is 0 Å². The molecule has 3 rings (SSSR count). The second-order valence-corrected chi connectivity index (χ2v) is 5.82. The van der Waals surface area contributed by atoms with Gasteiger partial charge in [0, 0.05) is 25.1 Å². The Hall–Kier alpha value is -3.13. The normalized spacial score (nSPS) is 16.7. The Balaban J connectivity index is 1.59. The van der Waals surface area contributed by atoms with Crippen LogP contribution in [0.5, 0.6) is 0 Å². The molecule has 1 atom stereocenters. The van der Waals surface area contributed by atoms with E-state index in [1.54, 1.807) is 29.2 Å². The average Bonchev–Trinajstić information content (AvgIpc) is 2.95. The Bertz CT molecular complexity index is 779. The molecule has 1 unspecified atom stereocenters. The van der Waals surface area contributed by atoms with Crippen molar-refractivity contribution in [3.63, 3.8) is 0 Å². The van der Waals surface area contributed by atoms with Crippen molar-refractivity contribution in [1.82, 2.24) is 10.2 Å². The maximum absolute atomic E-state index is 12.2. The zero-order valence-corrected chi connectivity index (χ0v) is 13.1. The highest BCUT2D eigenvalue weighted by molar-refractivity contribution is 5.95. The Morgan fingerprint density at radius 3 is 2.54 bits per heavy atom. The summed E-state index contributed by atoms with van der Waals surface area (Å²) in [5.74, 6) is -0.178. The van der Waals surface area contributed by atoms with Gasteiger partial charge >= 0.3 is 0 Å². The zero-order chi connectivity index (χ0) is 16.9. The highest BCUT2D eigenvalue weighted by atomic mass is 16.2. The van der Waals surface area contributed by atoms with Crippen LogP contribution in [0.15, 0.2) is 54.6 Å². The first-order valence-electron chi connectivity index (χ1n) is 7.78. The molecule has 1 heterocycles. The Morgan fingerprint density at radius 1 is 1.17 bits per heavy atom. The molecule has 0 aliphatic carbocycles. The molecule has 1 N–H and O–H groups in total. The van der Waals surface area contributed by atoms with E-state index in [1.165, 1.54) is 0 Å². The molecule has 0 radical (unpaired) electrons. The molecule has 5 heteroatoms. The van der Waals surface area contributed by atoms with Crippen LogP contribution in [0.25, 0.3) is 0 Å². The maximum atomic E-state index is 12.2. The second kappa shape index (κ2) is 6.97. The third kappa shape index (κ3) is 3.61. The molecule has 24 heavy (non-hydrogen) atoms. The van der Waals surface area contributed by atoms with Crippen molar-refractivity contribution in [3.8, 4) is 6.07 Å². The van der Waals surface area contributed by atoms with Crippen molar-refractivity contribution in [1.29, 1.82) is 5.26 Å². The fourth-order valence-corrected chi connectivity index (χ4v) is 2.79. The minimum Gasteiger partial charge on any atom is -0.347 e. The molecule has 2 aromatic carbocycles. The maximum Gasteiger partial charge on any atom is 0.251 e. The van der Waals surface area contributed by atoms with E-state index in [0.717, 1.165) is 5.56 Å². The SMILES string of the molecule is N#Cc1ccc(C(=O)NC2CC(=O)N(Cc3ccccc3)C2)cc1. The number of nitriles is 1. The van der Waals surface area contributed by atoms with Crippen LogP contribution in [0, 0.1) is 11.3 Å². The molecule has 120 valence electrons. The van der Waals surface area contributed by atoms with Crippen LogP contribution in [0.2, 0.25) is 0 Å². The molecule has 5 nitrogen and oxygen atoms in total. The molecule has 1 aliphatic heterocycles. The summed E-state index contributed by atoms with van der Waals surface area (Å²) in [6.45, 7) is 1.07. The van der Waals surface area contributed by atoms with Crippen molar-refractivity contribution >= 4 is 11.8 Å². The molecule has 1 aliphatic rings. The fourth-order valence-electron chi connectivity index (χ4n) is 2.79. The summed E-state index contributed by atoms with van der Waals surface area (Å²) in [6.07, 6.45) is 0.314. The summed E-state index contributed by atoms with van der Waals surface area (Å²) in [5, 5.41) is 11.7. The van der Waals surface area contributed by atoms with E-state index >= 15 is 0 Å². The molecule has 1 saturated heterocycles. The number of benzene rings is 2. The third-order valence-corrected chi connectivity index (χ3v) is 4.04. The Kier molecular flexibility index (Phi) is 4.57. The number of hydrogen-bond acceptors (Lipinski definition) is 3. The van der Waals surface area contributed by atoms with Crippen molar-refractivity contribution in [2.75, 3.05) is 6.54 Å². The lowest BCUT2D eigenvalue weighted by molar-refractivity contribution is -0.128. The first-order chi connectivity index (χ1) is 11.7. The number of hydrogen-bond donors (Lipinski definition) is 1. The van der Waals surface area contributed by atoms with Gasteiger partial charge in [0.1, 0.15) is 0 Å². The summed E-state index contributed by atoms with van der Waals surface area (Å²) >= 11 is 0. The summed E-state index contributed by atoms with van der Waals surface area (Å²) in [6, 6.07) is 18.1. The number of nitrogens with one attached hydrogen (secondary N) is 1. The van der Waals surface area contributed by atoms with Crippen LogP contribution in [0.1, 0.15) is 27.9 Å². The monoisotopic (exact) mass is 319 g/mol. The summed E-state index contributed by atoms with van der Waals surface area (Å²) in [7, 11) is 0. The molecule has 0 aromatic heterocycles. The third-order valence-electron chi connectivity index (χ3n) is 4.04. The van der Waals surface area contributed by atoms with Crippen LogP contribution in [-0.2, 0) is 11.3 Å². The number of nitrogens with zero attached hydrogens (tertiary/aromatic N) is 2. The first-order valence-corrected chi connectivity index (χ1v) is 7.78. The topological polar surface area (TPSA) is 73.2 Å². The smallest absolute Gasteiger partial charge is 0.251 e. The minimum absolute atomic E-state index is 0.0454. The summed E-state index contributed by atoms with van der Waals surface area (Å²) in [5.41, 5.74) is 2.07. The lowest BCUT2D eigenvalue weighted by atomic mass is 10.1. The highest BCUT2D eigenvalue weighted by Crippen LogP contribution is 2.15. The van der Waals surface area contributed by atoms with Gasteiger partial charge in [-0.1, -0.05) is 30.3 Å². The minimum atomic E-state index is -0.223. The highest BCUT2D eigenvalue weighted by Gasteiger charge is 2.30. The Labute approximate surface area is 140 Å². The summed E-state index contributed by atoms with van der Waals surface area (Å²) < 4.78 is 0. The first kappa shape index (κ1) is 15.8. The lowest BCUT2D eigenvalue weighted by Gasteiger charge is -2.17. The van der Waals surface area contributed by atoms with E-state index < -0.39 is 0 Å². The fraction of sp³-hybridized carbons (Fsp3) is 0.211. The van der Waals surface area contributed by atoms with Crippen LogP contribution in [-0.4, -0.2) is 29.3 Å². The number of carbonyl (C=O) groups is 2. The summed E-state index contributed by atoms with van der Waals surface area (Å²) in [4.78, 5) is 26.1. The number of amides is 2.